The van der Waals surface area contributed by atoms with Crippen LogP contribution in [0.5, 0.6) is 0 Å². The fourth-order valence-electron chi connectivity index (χ4n) is 1.37. The van der Waals surface area contributed by atoms with Crippen LogP contribution in [-0.2, 0) is 11.3 Å². The molecule has 0 bridgehead atoms. The van der Waals surface area contributed by atoms with Gasteiger partial charge in [0.25, 0.3) is 5.56 Å². The molecule has 6 nitrogen and oxygen atoms in total. The first-order valence-corrected chi connectivity index (χ1v) is 5.22. The minimum Gasteiger partial charge on any atom is -0.480 e. The highest BCUT2D eigenvalue weighted by Crippen LogP contribution is 2.04. The third kappa shape index (κ3) is 2.26. The monoisotopic (exact) mass is 253 g/mol. The lowest BCUT2D eigenvalue weighted by Crippen LogP contribution is -2.31. The van der Waals surface area contributed by atoms with E-state index < -0.39 is 16.9 Å². The molecule has 0 saturated heterocycles. The van der Waals surface area contributed by atoms with Gasteiger partial charge in [-0.15, -0.1) is 16.7 Å². The first kappa shape index (κ1) is 11.5. The molecule has 0 spiro atoms. The van der Waals surface area contributed by atoms with Crippen LogP contribution >= 0.6 is 11.6 Å². The largest absolute Gasteiger partial charge is 0.480 e. The maximum absolute atomic E-state index is 11.9. The van der Waals surface area contributed by atoms with Crippen LogP contribution in [0.3, 0.4) is 0 Å². The molecule has 0 fully saturated rings. The Morgan fingerprint density at radius 1 is 1.47 bits per heavy atom. The van der Waals surface area contributed by atoms with E-state index in [-0.39, 0.29) is 6.54 Å². The van der Waals surface area contributed by atoms with Gasteiger partial charge in [0.15, 0.2) is 5.38 Å². The van der Waals surface area contributed by atoms with Crippen molar-refractivity contribution in [3.8, 4) is 0 Å². The standard InChI is InChI=1S/C10H8ClN3O3/c11-7(10(16)17)5-14-9(15)6-3-1-2-4-8(6)12-13-14/h1-4,7H,5H2,(H,16,17). The summed E-state index contributed by atoms with van der Waals surface area (Å²) in [5.41, 5.74) is 0.0673. The lowest BCUT2D eigenvalue weighted by atomic mass is 10.2. The van der Waals surface area contributed by atoms with Gasteiger partial charge in [-0.05, 0) is 12.1 Å². The van der Waals surface area contributed by atoms with Crippen molar-refractivity contribution >= 4 is 28.5 Å². The van der Waals surface area contributed by atoms with E-state index in [0.717, 1.165) is 4.68 Å². The first-order valence-electron chi connectivity index (χ1n) is 4.79. The van der Waals surface area contributed by atoms with Crippen molar-refractivity contribution in [3.05, 3.63) is 34.6 Å². The minimum atomic E-state index is -1.21. The van der Waals surface area contributed by atoms with Gasteiger partial charge in [0.2, 0.25) is 0 Å². The summed E-state index contributed by atoms with van der Waals surface area (Å²) in [4.78, 5) is 22.5. The molecule has 0 aliphatic heterocycles. The molecule has 1 aromatic heterocycles. The van der Waals surface area contributed by atoms with Crippen molar-refractivity contribution < 1.29 is 9.90 Å². The summed E-state index contributed by atoms with van der Waals surface area (Å²) in [6.07, 6.45) is 0. The zero-order valence-corrected chi connectivity index (χ0v) is 9.33. The van der Waals surface area contributed by atoms with E-state index >= 15 is 0 Å². The van der Waals surface area contributed by atoms with Crippen molar-refractivity contribution in [2.45, 2.75) is 11.9 Å². The molecule has 1 N–H and O–H groups in total. The Balaban J connectivity index is 2.46. The summed E-state index contributed by atoms with van der Waals surface area (Å²) in [6.45, 7) is -0.215. The molecule has 1 unspecified atom stereocenters. The van der Waals surface area contributed by atoms with E-state index in [4.69, 9.17) is 16.7 Å². The Hall–Kier alpha value is -1.95. The highest BCUT2D eigenvalue weighted by atomic mass is 35.5. The number of hydrogen-bond acceptors (Lipinski definition) is 4. The molecule has 0 radical (unpaired) electrons. The zero-order chi connectivity index (χ0) is 12.4. The molecule has 88 valence electrons. The summed E-state index contributed by atoms with van der Waals surface area (Å²) in [7, 11) is 0. The molecule has 17 heavy (non-hydrogen) atoms. The van der Waals surface area contributed by atoms with Gasteiger partial charge in [-0.25, -0.2) is 4.68 Å². The van der Waals surface area contributed by atoms with E-state index in [1.165, 1.54) is 0 Å². The molecule has 2 aromatic rings. The maximum Gasteiger partial charge on any atom is 0.323 e. The van der Waals surface area contributed by atoms with Gasteiger partial charge in [-0.1, -0.05) is 17.3 Å². The Labute approximate surface area is 100 Å². The summed E-state index contributed by atoms with van der Waals surface area (Å²) in [5, 5.41) is 15.3. The second-order valence-electron chi connectivity index (χ2n) is 3.40. The Morgan fingerprint density at radius 3 is 2.88 bits per heavy atom. The van der Waals surface area contributed by atoms with E-state index in [1.54, 1.807) is 24.3 Å². The van der Waals surface area contributed by atoms with E-state index in [9.17, 15) is 9.59 Å². The van der Waals surface area contributed by atoms with Crippen LogP contribution in [0.1, 0.15) is 0 Å². The summed E-state index contributed by atoms with van der Waals surface area (Å²) >= 11 is 5.55. The number of halogens is 1. The number of carbonyl (C=O) groups is 1. The molecule has 2 rings (SSSR count). The Kier molecular flexibility index (Phi) is 3.06. The fraction of sp³-hybridized carbons (Fsp3) is 0.200. The molecule has 0 aliphatic rings. The quantitative estimate of drug-likeness (QED) is 0.805. The van der Waals surface area contributed by atoms with Crippen LogP contribution < -0.4 is 5.56 Å². The number of aromatic nitrogens is 3. The van der Waals surface area contributed by atoms with Crippen LogP contribution in [0.4, 0.5) is 0 Å². The van der Waals surface area contributed by atoms with Crippen molar-refractivity contribution in [2.75, 3.05) is 0 Å². The molecular weight excluding hydrogens is 246 g/mol. The number of hydrogen-bond donors (Lipinski definition) is 1. The second-order valence-corrected chi connectivity index (χ2v) is 3.93. The number of rotatable bonds is 3. The lowest BCUT2D eigenvalue weighted by molar-refractivity contribution is -0.136. The van der Waals surface area contributed by atoms with Crippen molar-refractivity contribution in [3.63, 3.8) is 0 Å². The molecule has 1 heterocycles. The lowest BCUT2D eigenvalue weighted by Gasteiger charge is -2.06. The minimum absolute atomic E-state index is 0.215. The van der Waals surface area contributed by atoms with E-state index in [0.29, 0.717) is 10.9 Å². The molecule has 0 aliphatic carbocycles. The normalized spacial score (nSPS) is 12.5. The van der Waals surface area contributed by atoms with Crippen LogP contribution in [-0.4, -0.2) is 31.4 Å². The molecule has 7 heteroatoms. The van der Waals surface area contributed by atoms with Gasteiger partial charge in [0, 0.05) is 0 Å². The smallest absolute Gasteiger partial charge is 0.323 e. The molecular formula is C10H8ClN3O3. The average Bonchev–Trinajstić information content (AvgIpc) is 2.33. The fourth-order valence-corrected chi connectivity index (χ4v) is 1.50. The highest BCUT2D eigenvalue weighted by molar-refractivity contribution is 6.29. The Morgan fingerprint density at radius 2 is 2.18 bits per heavy atom. The molecule has 0 saturated carbocycles. The van der Waals surface area contributed by atoms with Crippen LogP contribution in [0, 0.1) is 0 Å². The number of nitrogens with zero attached hydrogens (tertiary/aromatic N) is 3. The van der Waals surface area contributed by atoms with E-state index in [1.807, 2.05) is 0 Å². The Bertz CT molecular complexity index is 625. The summed E-state index contributed by atoms with van der Waals surface area (Å²) in [5.74, 6) is -1.20. The topological polar surface area (TPSA) is 85.1 Å². The second kappa shape index (κ2) is 4.50. The van der Waals surface area contributed by atoms with Gasteiger partial charge in [0.05, 0.1) is 11.9 Å². The summed E-state index contributed by atoms with van der Waals surface area (Å²) < 4.78 is 0.952. The van der Waals surface area contributed by atoms with Gasteiger partial charge in [-0.3, -0.25) is 9.59 Å². The zero-order valence-electron chi connectivity index (χ0n) is 8.58. The average molecular weight is 254 g/mol. The SMILES string of the molecule is O=C(O)C(Cl)Cn1nnc2ccccc2c1=O. The predicted octanol–water partition coefficient (Wildman–Crippen LogP) is 0.483. The number of aliphatic carboxylic acids is 1. The van der Waals surface area contributed by atoms with Crippen LogP contribution in [0.25, 0.3) is 10.9 Å². The maximum atomic E-state index is 11.9. The first-order chi connectivity index (χ1) is 8.09. The summed E-state index contributed by atoms with van der Waals surface area (Å²) in [6, 6.07) is 6.70. The highest BCUT2D eigenvalue weighted by Gasteiger charge is 2.16. The van der Waals surface area contributed by atoms with Gasteiger partial charge < -0.3 is 5.11 Å². The number of carboxylic acid groups (broad SMARTS) is 1. The number of benzene rings is 1. The van der Waals surface area contributed by atoms with Crippen molar-refractivity contribution in [2.24, 2.45) is 0 Å². The van der Waals surface area contributed by atoms with Gasteiger partial charge in [0.1, 0.15) is 5.52 Å². The predicted molar refractivity (Wildman–Crippen MR) is 61.1 cm³/mol. The molecule has 0 amide bonds. The third-order valence-corrected chi connectivity index (χ3v) is 2.56. The number of alkyl halides is 1. The molecule has 1 aromatic carbocycles. The van der Waals surface area contributed by atoms with Crippen LogP contribution in [0.15, 0.2) is 29.1 Å². The van der Waals surface area contributed by atoms with E-state index in [2.05, 4.69) is 10.3 Å². The number of fused-ring (bicyclic) bond motifs is 1. The third-order valence-electron chi connectivity index (χ3n) is 2.23. The van der Waals surface area contributed by atoms with Gasteiger partial charge in [-0.2, -0.15) is 0 Å². The van der Waals surface area contributed by atoms with Crippen LogP contribution in [0.2, 0.25) is 0 Å². The molecule has 1 atom stereocenters. The van der Waals surface area contributed by atoms with Crippen molar-refractivity contribution in [1.29, 1.82) is 0 Å². The number of carboxylic acids is 1. The van der Waals surface area contributed by atoms with Crippen molar-refractivity contribution in [1.82, 2.24) is 15.0 Å². The van der Waals surface area contributed by atoms with Gasteiger partial charge >= 0.3 is 5.97 Å².